The number of H-pyrrole nitrogens is 1. The predicted molar refractivity (Wildman–Crippen MR) is 50.3 cm³/mol. The number of methoxy groups -OCH3 is 1. The van der Waals surface area contributed by atoms with E-state index in [4.69, 9.17) is 4.74 Å². The van der Waals surface area contributed by atoms with E-state index in [2.05, 4.69) is 26.1 Å². The van der Waals surface area contributed by atoms with Crippen LogP contribution in [0.3, 0.4) is 0 Å². The number of hydrogen-bond donors (Lipinski definition) is 1. The third-order valence-electron chi connectivity index (χ3n) is 1.80. The first kappa shape index (κ1) is 8.50. The summed E-state index contributed by atoms with van der Waals surface area (Å²) in [5, 5.41) is 7.15. The number of halogens is 2. The van der Waals surface area contributed by atoms with E-state index in [1.54, 1.807) is 12.1 Å². The Morgan fingerprint density at radius 3 is 3.00 bits per heavy atom. The van der Waals surface area contributed by atoms with Gasteiger partial charge in [-0.25, -0.2) is 4.39 Å². The minimum absolute atomic E-state index is 0.200. The first-order valence-electron chi connectivity index (χ1n) is 3.60. The van der Waals surface area contributed by atoms with Gasteiger partial charge in [0.25, 0.3) is 0 Å². The van der Waals surface area contributed by atoms with Crippen LogP contribution in [-0.2, 0) is 0 Å². The maximum absolute atomic E-state index is 13.5. The fourth-order valence-electron chi connectivity index (χ4n) is 1.16. The molecule has 0 unspecified atom stereocenters. The summed E-state index contributed by atoms with van der Waals surface area (Å²) in [6.45, 7) is 0. The van der Waals surface area contributed by atoms with Gasteiger partial charge >= 0.3 is 0 Å². The van der Waals surface area contributed by atoms with Crippen molar-refractivity contribution in [1.82, 2.24) is 10.2 Å². The number of rotatable bonds is 1. The molecular weight excluding hydrogens is 239 g/mol. The fraction of sp³-hybridized carbons (Fsp3) is 0.125. The summed E-state index contributed by atoms with van der Waals surface area (Å²) in [5.74, 6) is -0.242. The highest BCUT2D eigenvalue weighted by Crippen LogP contribution is 2.28. The second-order valence-corrected chi connectivity index (χ2v) is 3.31. The summed E-state index contributed by atoms with van der Waals surface area (Å²) >= 11 is 3.22. The highest BCUT2D eigenvalue weighted by molar-refractivity contribution is 9.10. The average molecular weight is 245 g/mol. The molecule has 0 saturated carbocycles. The van der Waals surface area contributed by atoms with Crippen LogP contribution in [0.1, 0.15) is 0 Å². The molecule has 2 rings (SSSR count). The number of aromatic nitrogens is 2. The normalized spacial score (nSPS) is 10.7. The van der Waals surface area contributed by atoms with Crippen molar-refractivity contribution in [2.24, 2.45) is 0 Å². The van der Waals surface area contributed by atoms with E-state index in [9.17, 15) is 4.39 Å². The lowest BCUT2D eigenvalue weighted by Gasteiger charge is -2.00. The highest BCUT2D eigenvalue weighted by atomic mass is 79.9. The van der Waals surface area contributed by atoms with Gasteiger partial charge in [-0.2, -0.15) is 5.10 Å². The van der Waals surface area contributed by atoms with Gasteiger partial charge in [-0.1, -0.05) is 0 Å². The molecule has 0 atom stereocenters. The summed E-state index contributed by atoms with van der Waals surface area (Å²) in [5.41, 5.74) is 0.284. The van der Waals surface area contributed by atoms with Crippen molar-refractivity contribution in [1.29, 1.82) is 0 Å². The SMILES string of the molecule is COc1ccc2c(Br)[nH]nc2c1F. The fourth-order valence-corrected chi connectivity index (χ4v) is 1.56. The number of fused-ring (bicyclic) bond motifs is 1. The topological polar surface area (TPSA) is 37.9 Å². The van der Waals surface area contributed by atoms with Crippen molar-refractivity contribution < 1.29 is 9.13 Å². The van der Waals surface area contributed by atoms with E-state index in [0.29, 0.717) is 9.99 Å². The van der Waals surface area contributed by atoms with Crippen LogP contribution in [-0.4, -0.2) is 17.3 Å². The van der Waals surface area contributed by atoms with Crippen LogP contribution in [0.2, 0.25) is 0 Å². The molecule has 3 nitrogen and oxygen atoms in total. The first-order valence-corrected chi connectivity index (χ1v) is 4.39. The zero-order valence-corrected chi connectivity index (χ0v) is 8.35. The van der Waals surface area contributed by atoms with E-state index < -0.39 is 5.82 Å². The van der Waals surface area contributed by atoms with E-state index in [1.165, 1.54) is 7.11 Å². The van der Waals surface area contributed by atoms with Gasteiger partial charge in [-0.05, 0) is 28.1 Å². The van der Waals surface area contributed by atoms with Crippen LogP contribution in [0.5, 0.6) is 5.75 Å². The molecule has 1 aromatic carbocycles. The van der Waals surface area contributed by atoms with Gasteiger partial charge in [0.15, 0.2) is 11.6 Å². The smallest absolute Gasteiger partial charge is 0.193 e. The van der Waals surface area contributed by atoms with E-state index in [1.807, 2.05) is 0 Å². The van der Waals surface area contributed by atoms with Crippen LogP contribution in [0, 0.1) is 5.82 Å². The monoisotopic (exact) mass is 244 g/mol. The van der Waals surface area contributed by atoms with Gasteiger partial charge in [0.05, 0.1) is 7.11 Å². The molecule has 1 aromatic heterocycles. The number of nitrogens with zero attached hydrogens (tertiary/aromatic N) is 1. The summed E-state index contributed by atoms with van der Waals surface area (Å²) in [6, 6.07) is 3.31. The molecule has 0 saturated heterocycles. The highest BCUT2D eigenvalue weighted by Gasteiger charge is 2.11. The van der Waals surface area contributed by atoms with Crippen molar-refractivity contribution in [2.45, 2.75) is 0 Å². The van der Waals surface area contributed by atoms with Crippen LogP contribution in [0.15, 0.2) is 16.7 Å². The van der Waals surface area contributed by atoms with Gasteiger partial charge in [0, 0.05) is 5.39 Å². The van der Waals surface area contributed by atoms with Gasteiger partial charge in [0.1, 0.15) is 10.1 Å². The van der Waals surface area contributed by atoms with Crippen molar-refractivity contribution in [3.05, 3.63) is 22.6 Å². The number of nitrogens with one attached hydrogen (secondary N) is 1. The minimum atomic E-state index is -0.443. The maximum atomic E-state index is 13.5. The van der Waals surface area contributed by atoms with Gasteiger partial charge < -0.3 is 4.74 Å². The Morgan fingerprint density at radius 2 is 2.31 bits per heavy atom. The van der Waals surface area contributed by atoms with Crippen molar-refractivity contribution in [3.8, 4) is 5.75 Å². The summed E-state index contributed by atoms with van der Waals surface area (Å²) in [6.07, 6.45) is 0. The predicted octanol–water partition coefficient (Wildman–Crippen LogP) is 2.47. The molecule has 0 aliphatic carbocycles. The molecule has 0 spiro atoms. The quantitative estimate of drug-likeness (QED) is 0.837. The molecular formula is C8H6BrFN2O. The van der Waals surface area contributed by atoms with Crippen molar-refractivity contribution in [2.75, 3.05) is 7.11 Å². The van der Waals surface area contributed by atoms with E-state index in [0.717, 1.165) is 0 Å². The second kappa shape index (κ2) is 2.99. The Bertz CT molecular complexity index is 455. The first-order chi connectivity index (χ1) is 6.24. The molecule has 1 heterocycles. The number of benzene rings is 1. The molecule has 0 radical (unpaired) electrons. The molecule has 0 aliphatic rings. The van der Waals surface area contributed by atoms with Crippen LogP contribution in [0.4, 0.5) is 4.39 Å². The Labute approximate surface area is 82.0 Å². The average Bonchev–Trinajstić information content (AvgIpc) is 2.50. The Hall–Kier alpha value is -1.10. The Balaban J connectivity index is 2.80. The third-order valence-corrected chi connectivity index (χ3v) is 2.41. The lowest BCUT2D eigenvalue weighted by atomic mass is 10.2. The molecule has 0 bridgehead atoms. The van der Waals surface area contributed by atoms with Gasteiger partial charge in [-0.15, -0.1) is 0 Å². The number of hydrogen-bond acceptors (Lipinski definition) is 2. The Kier molecular flexibility index (Phi) is 1.95. The molecule has 0 fully saturated rings. The zero-order valence-electron chi connectivity index (χ0n) is 6.77. The Morgan fingerprint density at radius 1 is 1.54 bits per heavy atom. The van der Waals surface area contributed by atoms with Crippen molar-refractivity contribution in [3.63, 3.8) is 0 Å². The summed E-state index contributed by atoms with van der Waals surface area (Å²) < 4.78 is 18.9. The standard InChI is InChI=1S/C8H6BrFN2O/c1-13-5-3-2-4-7(6(5)10)11-12-8(4)9/h2-3H,1H3,(H,11,12). The maximum Gasteiger partial charge on any atom is 0.193 e. The number of aromatic amines is 1. The van der Waals surface area contributed by atoms with Crippen LogP contribution >= 0.6 is 15.9 Å². The van der Waals surface area contributed by atoms with Crippen LogP contribution in [0.25, 0.3) is 10.9 Å². The molecule has 13 heavy (non-hydrogen) atoms. The molecule has 1 N–H and O–H groups in total. The van der Waals surface area contributed by atoms with Crippen LogP contribution < -0.4 is 4.74 Å². The van der Waals surface area contributed by atoms with E-state index >= 15 is 0 Å². The molecule has 68 valence electrons. The van der Waals surface area contributed by atoms with Crippen molar-refractivity contribution >= 4 is 26.8 Å². The molecule has 0 aliphatic heterocycles. The molecule has 2 aromatic rings. The number of ether oxygens (including phenoxy) is 1. The second-order valence-electron chi connectivity index (χ2n) is 2.52. The summed E-state index contributed by atoms with van der Waals surface area (Å²) in [7, 11) is 1.42. The molecule has 5 heteroatoms. The third kappa shape index (κ3) is 1.19. The zero-order chi connectivity index (χ0) is 9.42. The lowest BCUT2D eigenvalue weighted by molar-refractivity contribution is 0.388. The minimum Gasteiger partial charge on any atom is -0.494 e. The molecule has 0 amide bonds. The summed E-state index contributed by atoms with van der Waals surface area (Å²) in [4.78, 5) is 0. The van der Waals surface area contributed by atoms with E-state index in [-0.39, 0.29) is 11.3 Å². The van der Waals surface area contributed by atoms with Gasteiger partial charge in [-0.3, -0.25) is 5.10 Å². The van der Waals surface area contributed by atoms with Gasteiger partial charge in [0.2, 0.25) is 0 Å². The largest absolute Gasteiger partial charge is 0.494 e. The lowest BCUT2D eigenvalue weighted by Crippen LogP contribution is -1.88.